The Bertz CT molecular complexity index is 1360. The summed E-state index contributed by atoms with van der Waals surface area (Å²) in [7, 11) is 0. The van der Waals surface area contributed by atoms with Gasteiger partial charge in [-0.2, -0.15) is 0 Å². The lowest BCUT2D eigenvalue weighted by atomic mass is 10.0. The second kappa shape index (κ2) is 61.4. The van der Waals surface area contributed by atoms with E-state index in [1.807, 2.05) is 0 Å². The summed E-state index contributed by atoms with van der Waals surface area (Å²) in [5.74, 6) is -0.911. The Kier molecular flexibility index (Phi) is 58.7. The van der Waals surface area contributed by atoms with Crippen LogP contribution < -0.4 is 0 Å². The van der Waals surface area contributed by atoms with Gasteiger partial charge in [-0.3, -0.25) is 14.4 Å². The number of hydrogen-bond donors (Lipinski definition) is 0. The van der Waals surface area contributed by atoms with Crippen molar-refractivity contribution >= 4 is 17.9 Å². The van der Waals surface area contributed by atoms with E-state index in [0.29, 0.717) is 19.3 Å². The van der Waals surface area contributed by atoms with Crippen LogP contribution in [0.25, 0.3) is 0 Å². The van der Waals surface area contributed by atoms with Gasteiger partial charge < -0.3 is 14.2 Å². The van der Waals surface area contributed by atoms with Gasteiger partial charge in [-0.15, -0.1) is 0 Å². The number of carbonyl (C=O) groups excluding carboxylic acids is 3. The summed E-state index contributed by atoms with van der Waals surface area (Å²) in [6.45, 7) is 6.59. The molecule has 0 N–H and O–H groups in total. The van der Waals surface area contributed by atoms with Crippen molar-refractivity contribution in [2.24, 2.45) is 0 Å². The molecule has 0 spiro atoms. The number of carbonyl (C=O) groups is 3. The molecule has 0 unspecified atom stereocenters. The van der Waals surface area contributed by atoms with Crippen molar-refractivity contribution < 1.29 is 28.6 Å². The minimum atomic E-state index is -0.793. The maximum atomic E-state index is 12.9. The molecule has 0 amide bonds. The quantitative estimate of drug-likeness (QED) is 0.0261. The van der Waals surface area contributed by atoms with Gasteiger partial charge in [0.25, 0.3) is 0 Å². The van der Waals surface area contributed by atoms with Crippen molar-refractivity contribution in [1.29, 1.82) is 0 Å². The van der Waals surface area contributed by atoms with Gasteiger partial charge in [0, 0.05) is 19.3 Å². The molecule has 73 heavy (non-hydrogen) atoms. The summed E-state index contributed by atoms with van der Waals surface area (Å²) in [6.07, 6.45) is 78.9. The van der Waals surface area contributed by atoms with E-state index < -0.39 is 6.10 Å². The van der Waals surface area contributed by atoms with Gasteiger partial charge >= 0.3 is 17.9 Å². The first-order valence-electron chi connectivity index (χ1n) is 31.4. The van der Waals surface area contributed by atoms with E-state index in [2.05, 4.69) is 93.7 Å². The lowest BCUT2D eigenvalue weighted by Crippen LogP contribution is -2.30. The Morgan fingerprint density at radius 3 is 0.808 bits per heavy atom. The molecule has 0 bridgehead atoms. The van der Waals surface area contributed by atoms with E-state index in [4.69, 9.17) is 14.2 Å². The number of esters is 3. The molecule has 0 fully saturated rings. The monoisotopic (exact) mass is 1020 g/mol. The summed E-state index contributed by atoms with van der Waals surface area (Å²) in [6, 6.07) is 0. The lowest BCUT2D eigenvalue weighted by Gasteiger charge is -2.18. The Hall–Kier alpha value is -3.15. The zero-order valence-electron chi connectivity index (χ0n) is 48.4. The Morgan fingerprint density at radius 1 is 0.274 bits per heavy atom. The average molecular weight is 1020 g/mol. The molecule has 0 aromatic heterocycles. The number of unbranched alkanes of at least 4 members (excludes halogenated alkanes) is 34. The molecular formula is C67H118O6. The minimum Gasteiger partial charge on any atom is -0.462 e. The number of ether oxygens (including phenoxy) is 3. The van der Waals surface area contributed by atoms with E-state index in [-0.39, 0.29) is 31.1 Å². The van der Waals surface area contributed by atoms with Crippen LogP contribution in [0, 0.1) is 0 Å². The topological polar surface area (TPSA) is 78.9 Å². The van der Waals surface area contributed by atoms with Crippen LogP contribution in [0.15, 0.2) is 72.9 Å². The van der Waals surface area contributed by atoms with Crippen LogP contribution >= 0.6 is 0 Å². The third-order valence-corrected chi connectivity index (χ3v) is 13.7. The molecule has 1 atom stereocenters. The summed E-state index contributed by atoms with van der Waals surface area (Å²) in [4.78, 5) is 38.3. The molecule has 0 saturated carbocycles. The number of allylic oxidation sites excluding steroid dienone is 12. The van der Waals surface area contributed by atoms with Crippen LogP contribution in [0.1, 0.15) is 316 Å². The smallest absolute Gasteiger partial charge is 0.306 e. The average Bonchev–Trinajstić information content (AvgIpc) is 3.39. The second-order valence-corrected chi connectivity index (χ2v) is 21.0. The van der Waals surface area contributed by atoms with Crippen LogP contribution in [0.3, 0.4) is 0 Å². The van der Waals surface area contributed by atoms with Gasteiger partial charge in [0.05, 0.1) is 0 Å². The van der Waals surface area contributed by atoms with Gasteiger partial charge in [0.15, 0.2) is 6.10 Å². The largest absolute Gasteiger partial charge is 0.462 e. The molecule has 0 aromatic rings. The highest BCUT2D eigenvalue weighted by molar-refractivity contribution is 5.71. The fraction of sp³-hybridized carbons (Fsp3) is 0.776. The van der Waals surface area contributed by atoms with Crippen LogP contribution in [0.4, 0.5) is 0 Å². The molecule has 0 saturated heterocycles. The second-order valence-electron chi connectivity index (χ2n) is 21.0. The molecule has 0 aliphatic rings. The standard InChI is InChI=1S/C67H118O6/c1-4-7-10-13-16-19-22-25-28-31-33-36-38-41-44-47-50-53-56-59-65(68)71-62-64(73-67(70)61-58-55-52-49-46-43-40-35-30-27-24-21-18-15-12-9-6-3)63-72-66(69)60-57-54-51-48-45-42-39-37-34-32-29-26-23-20-17-14-11-8-5-2/h16,18-19,21,25,27-28,30,33,36,41,44,64H,4-15,17,20,22-24,26,29,31-32,34-35,37-40,42-43,45-63H2,1-3H3/b19-16-,21-18-,28-25-,30-27-,36-33-,44-41-/t64-/m1/s1. The van der Waals surface area contributed by atoms with E-state index in [1.165, 1.54) is 180 Å². The van der Waals surface area contributed by atoms with Crippen molar-refractivity contribution in [3.8, 4) is 0 Å². The van der Waals surface area contributed by atoms with Crippen LogP contribution in [-0.2, 0) is 28.6 Å². The summed E-state index contributed by atoms with van der Waals surface area (Å²) in [5, 5.41) is 0. The van der Waals surface area contributed by atoms with E-state index in [0.717, 1.165) is 96.3 Å². The number of hydrogen-bond acceptors (Lipinski definition) is 6. The van der Waals surface area contributed by atoms with E-state index in [1.54, 1.807) is 0 Å². The zero-order chi connectivity index (χ0) is 52.9. The zero-order valence-corrected chi connectivity index (χ0v) is 48.4. The Labute approximate surface area is 453 Å². The molecule has 0 aromatic carbocycles. The lowest BCUT2D eigenvalue weighted by molar-refractivity contribution is -0.167. The van der Waals surface area contributed by atoms with Crippen molar-refractivity contribution in [2.75, 3.05) is 13.2 Å². The molecule has 6 heteroatoms. The van der Waals surface area contributed by atoms with Crippen molar-refractivity contribution in [1.82, 2.24) is 0 Å². The van der Waals surface area contributed by atoms with E-state index >= 15 is 0 Å². The summed E-state index contributed by atoms with van der Waals surface area (Å²) < 4.78 is 16.9. The van der Waals surface area contributed by atoms with Gasteiger partial charge in [-0.05, 0) is 96.3 Å². The summed E-state index contributed by atoms with van der Waals surface area (Å²) >= 11 is 0. The summed E-state index contributed by atoms with van der Waals surface area (Å²) in [5.41, 5.74) is 0. The molecule has 6 nitrogen and oxygen atoms in total. The van der Waals surface area contributed by atoms with Gasteiger partial charge in [-0.25, -0.2) is 0 Å². The highest BCUT2D eigenvalue weighted by atomic mass is 16.6. The van der Waals surface area contributed by atoms with Gasteiger partial charge in [0.1, 0.15) is 13.2 Å². The molecular weight excluding hydrogens is 901 g/mol. The highest BCUT2D eigenvalue weighted by Gasteiger charge is 2.19. The predicted octanol–water partition coefficient (Wildman–Crippen LogP) is 21.3. The normalized spacial score (nSPS) is 12.5. The van der Waals surface area contributed by atoms with Crippen molar-refractivity contribution in [3.05, 3.63) is 72.9 Å². The van der Waals surface area contributed by atoms with Gasteiger partial charge in [0.2, 0.25) is 0 Å². The first-order valence-corrected chi connectivity index (χ1v) is 31.4. The number of rotatable bonds is 57. The van der Waals surface area contributed by atoms with Crippen LogP contribution in [0.5, 0.6) is 0 Å². The molecule has 0 radical (unpaired) electrons. The third-order valence-electron chi connectivity index (χ3n) is 13.7. The molecule has 0 rings (SSSR count). The Morgan fingerprint density at radius 2 is 0.493 bits per heavy atom. The van der Waals surface area contributed by atoms with Crippen LogP contribution in [0.2, 0.25) is 0 Å². The van der Waals surface area contributed by atoms with Crippen molar-refractivity contribution in [3.63, 3.8) is 0 Å². The Balaban J connectivity index is 4.42. The first kappa shape index (κ1) is 69.8. The fourth-order valence-corrected chi connectivity index (χ4v) is 8.93. The highest BCUT2D eigenvalue weighted by Crippen LogP contribution is 2.17. The SMILES string of the molecule is CCCCC/C=C\C/C=C\C/C=C\C/C=C\CCCCCC(=O)OC[C@H](COC(=O)CCCCCCCCCCCCCCCCCCCCC)OC(=O)CCCCCCCCC/C=C\C/C=C\CCCCC. The maximum Gasteiger partial charge on any atom is 0.306 e. The molecule has 422 valence electrons. The molecule has 0 aliphatic heterocycles. The fourth-order valence-electron chi connectivity index (χ4n) is 8.93. The van der Waals surface area contributed by atoms with Gasteiger partial charge in [-0.1, -0.05) is 273 Å². The van der Waals surface area contributed by atoms with Crippen molar-refractivity contribution in [2.45, 2.75) is 322 Å². The van der Waals surface area contributed by atoms with E-state index in [9.17, 15) is 14.4 Å². The maximum absolute atomic E-state index is 12.9. The molecule has 0 heterocycles. The van der Waals surface area contributed by atoms with Crippen LogP contribution in [-0.4, -0.2) is 37.2 Å². The minimum absolute atomic E-state index is 0.0863. The third kappa shape index (κ3) is 59.6. The molecule has 0 aliphatic carbocycles. The predicted molar refractivity (Wildman–Crippen MR) is 316 cm³/mol. The first-order chi connectivity index (χ1) is 36.0.